The summed E-state index contributed by atoms with van der Waals surface area (Å²) in [5, 5.41) is 4.02. The van der Waals surface area contributed by atoms with Crippen LogP contribution in [0.5, 0.6) is 23.0 Å². The van der Waals surface area contributed by atoms with Crippen LogP contribution in [0.1, 0.15) is 29.5 Å². The number of hydrogen-bond acceptors (Lipinski definition) is 7. The van der Waals surface area contributed by atoms with Gasteiger partial charge in [-0.3, -0.25) is 14.3 Å². The maximum atomic E-state index is 13.8. The first-order chi connectivity index (χ1) is 20.5. The van der Waals surface area contributed by atoms with E-state index in [1.54, 1.807) is 55.4 Å². The van der Waals surface area contributed by atoms with Gasteiger partial charge in [0.15, 0.2) is 11.5 Å². The SMILES string of the molecule is C=C1CCCc2c1cn(-c1ccccc1)c(=O)c2C(=C)Nc1ccc(Oc2ccnc3cc(OC)c(OC)cc23)cn1. The summed E-state index contributed by atoms with van der Waals surface area (Å²) in [6.07, 6.45) is 7.82. The van der Waals surface area contributed by atoms with Gasteiger partial charge in [0.2, 0.25) is 0 Å². The fraction of sp³-hybridized carbons (Fsp3) is 0.147. The summed E-state index contributed by atoms with van der Waals surface area (Å²) in [5.41, 5.74) is 5.39. The van der Waals surface area contributed by atoms with Gasteiger partial charge < -0.3 is 19.5 Å². The third-order valence-corrected chi connectivity index (χ3v) is 7.39. The molecule has 42 heavy (non-hydrogen) atoms. The normalized spacial score (nSPS) is 12.5. The van der Waals surface area contributed by atoms with Crippen LogP contribution in [0.15, 0.2) is 97.2 Å². The van der Waals surface area contributed by atoms with Crippen LogP contribution < -0.4 is 25.1 Å². The molecule has 0 saturated carbocycles. The first kappa shape index (κ1) is 26.8. The smallest absolute Gasteiger partial charge is 0.264 e. The Morgan fingerprint density at radius 2 is 1.74 bits per heavy atom. The highest BCUT2D eigenvalue weighted by molar-refractivity contribution is 5.88. The molecule has 0 fully saturated rings. The zero-order chi connectivity index (χ0) is 29.2. The van der Waals surface area contributed by atoms with Gasteiger partial charge >= 0.3 is 0 Å². The Balaban J connectivity index is 1.28. The maximum absolute atomic E-state index is 13.8. The number of rotatable bonds is 8. The molecule has 3 heterocycles. The average molecular weight is 559 g/mol. The number of pyridine rings is 3. The lowest BCUT2D eigenvalue weighted by molar-refractivity contribution is 0.355. The maximum Gasteiger partial charge on any atom is 0.264 e. The van der Waals surface area contributed by atoms with Crippen molar-refractivity contribution < 1.29 is 14.2 Å². The molecular formula is C34H30N4O4. The largest absolute Gasteiger partial charge is 0.493 e. The Kier molecular flexibility index (Phi) is 7.19. The van der Waals surface area contributed by atoms with Crippen LogP contribution in [0.2, 0.25) is 0 Å². The van der Waals surface area contributed by atoms with Crippen molar-refractivity contribution in [2.75, 3.05) is 19.5 Å². The third-order valence-electron chi connectivity index (χ3n) is 7.39. The van der Waals surface area contributed by atoms with Crippen LogP contribution in [-0.4, -0.2) is 28.8 Å². The molecule has 6 rings (SSSR count). The van der Waals surface area contributed by atoms with E-state index in [-0.39, 0.29) is 5.56 Å². The number of fused-ring (bicyclic) bond motifs is 2. The number of hydrogen-bond donors (Lipinski definition) is 1. The Bertz CT molecular complexity index is 1880. The van der Waals surface area contributed by atoms with Crippen molar-refractivity contribution in [1.82, 2.24) is 14.5 Å². The van der Waals surface area contributed by atoms with E-state index in [0.717, 1.165) is 47.0 Å². The molecule has 8 nitrogen and oxygen atoms in total. The Morgan fingerprint density at radius 3 is 2.48 bits per heavy atom. The van der Waals surface area contributed by atoms with Crippen molar-refractivity contribution in [3.8, 4) is 28.7 Å². The molecule has 8 heteroatoms. The van der Waals surface area contributed by atoms with Crippen LogP contribution in [0.3, 0.4) is 0 Å². The third kappa shape index (κ3) is 4.99. The van der Waals surface area contributed by atoms with E-state index in [2.05, 4.69) is 28.4 Å². The predicted octanol–water partition coefficient (Wildman–Crippen LogP) is 7.02. The highest BCUT2D eigenvalue weighted by Gasteiger charge is 2.23. The molecule has 2 aromatic carbocycles. The fourth-order valence-corrected chi connectivity index (χ4v) is 5.31. The second kappa shape index (κ2) is 11.2. The van der Waals surface area contributed by atoms with Gasteiger partial charge in [-0.05, 0) is 72.4 Å². The predicted molar refractivity (Wildman–Crippen MR) is 166 cm³/mol. The van der Waals surface area contributed by atoms with Crippen molar-refractivity contribution >= 4 is 28.0 Å². The van der Waals surface area contributed by atoms with E-state index < -0.39 is 0 Å². The summed E-state index contributed by atoms with van der Waals surface area (Å²) in [7, 11) is 3.17. The zero-order valence-electron chi connectivity index (χ0n) is 23.5. The highest BCUT2D eigenvalue weighted by atomic mass is 16.5. The number of nitrogens with zero attached hydrogens (tertiary/aromatic N) is 3. The summed E-state index contributed by atoms with van der Waals surface area (Å²) < 4.78 is 18.7. The number of nitrogens with one attached hydrogen (secondary N) is 1. The van der Waals surface area contributed by atoms with Gasteiger partial charge in [-0.15, -0.1) is 0 Å². The van der Waals surface area contributed by atoms with Crippen LogP contribution in [0.4, 0.5) is 5.82 Å². The van der Waals surface area contributed by atoms with Crippen LogP contribution >= 0.6 is 0 Å². The molecule has 1 N–H and O–H groups in total. The quantitative estimate of drug-likeness (QED) is 0.219. The van der Waals surface area contributed by atoms with Crippen LogP contribution in [0, 0.1) is 0 Å². The van der Waals surface area contributed by atoms with E-state index in [1.165, 1.54) is 0 Å². The minimum absolute atomic E-state index is 0.135. The molecular weight excluding hydrogens is 528 g/mol. The number of aromatic nitrogens is 3. The van der Waals surface area contributed by atoms with Gasteiger partial charge in [0.05, 0.1) is 31.5 Å². The standard InChI is InChI=1S/C34H30N4O4/c1-21-9-8-12-25-27(21)20-38(23-10-6-5-7-11-23)34(39)33(25)22(2)37-32-14-13-24(19-36-32)42-29-15-16-35-28-18-31(41-4)30(40-3)17-26(28)29/h5-7,10-11,13-20H,1-2,8-9,12H2,3-4H3,(H,36,37). The van der Waals surface area contributed by atoms with Gasteiger partial charge in [-0.2, -0.15) is 0 Å². The Morgan fingerprint density at radius 1 is 0.952 bits per heavy atom. The van der Waals surface area contributed by atoms with Crippen LogP contribution in [-0.2, 0) is 6.42 Å². The average Bonchev–Trinajstić information content (AvgIpc) is 3.01. The molecule has 0 amide bonds. The summed E-state index contributed by atoms with van der Waals surface area (Å²) in [5.74, 6) is 2.85. The van der Waals surface area contributed by atoms with Gasteiger partial charge in [-0.25, -0.2) is 4.98 Å². The van der Waals surface area contributed by atoms with Gasteiger partial charge in [0.1, 0.15) is 17.3 Å². The number of allylic oxidation sites excluding steroid dienone is 1. The molecule has 0 radical (unpaired) electrons. The van der Waals surface area contributed by atoms with E-state index in [4.69, 9.17) is 14.2 Å². The molecule has 0 saturated heterocycles. The first-order valence-corrected chi connectivity index (χ1v) is 13.6. The molecule has 0 bridgehead atoms. The molecule has 1 aliphatic carbocycles. The summed E-state index contributed by atoms with van der Waals surface area (Å²) in [6, 6.07) is 18.6. The monoisotopic (exact) mass is 558 g/mol. The number of methoxy groups -OCH3 is 2. The molecule has 1 aliphatic rings. The van der Waals surface area contributed by atoms with E-state index in [1.807, 2.05) is 42.6 Å². The second-order valence-electron chi connectivity index (χ2n) is 9.98. The lowest BCUT2D eigenvalue weighted by atomic mass is 9.86. The van der Waals surface area contributed by atoms with E-state index in [0.29, 0.717) is 45.6 Å². The van der Waals surface area contributed by atoms with Gasteiger partial charge in [-0.1, -0.05) is 31.4 Å². The molecule has 0 aliphatic heterocycles. The molecule has 210 valence electrons. The van der Waals surface area contributed by atoms with Crippen molar-refractivity contribution in [1.29, 1.82) is 0 Å². The van der Waals surface area contributed by atoms with Crippen LogP contribution in [0.25, 0.3) is 27.9 Å². The van der Waals surface area contributed by atoms with Crippen molar-refractivity contribution in [3.63, 3.8) is 0 Å². The zero-order valence-corrected chi connectivity index (χ0v) is 23.5. The fourth-order valence-electron chi connectivity index (χ4n) is 5.31. The number of benzene rings is 2. The lowest BCUT2D eigenvalue weighted by Gasteiger charge is -2.24. The molecule has 0 atom stereocenters. The molecule has 0 spiro atoms. The van der Waals surface area contributed by atoms with E-state index >= 15 is 0 Å². The summed E-state index contributed by atoms with van der Waals surface area (Å²) >= 11 is 0. The van der Waals surface area contributed by atoms with Crippen molar-refractivity contribution in [2.45, 2.75) is 19.3 Å². The summed E-state index contributed by atoms with van der Waals surface area (Å²) in [4.78, 5) is 22.8. The minimum atomic E-state index is -0.135. The summed E-state index contributed by atoms with van der Waals surface area (Å²) in [6.45, 7) is 8.53. The molecule has 3 aromatic heterocycles. The Hall–Kier alpha value is -5.37. The number of ether oxygens (including phenoxy) is 3. The Labute approximate surface area is 243 Å². The highest BCUT2D eigenvalue weighted by Crippen LogP contribution is 2.37. The topological polar surface area (TPSA) is 87.5 Å². The number of para-hydroxylation sites is 1. The van der Waals surface area contributed by atoms with Gasteiger partial charge in [0, 0.05) is 35.2 Å². The van der Waals surface area contributed by atoms with Crippen molar-refractivity contribution in [2.24, 2.45) is 0 Å². The van der Waals surface area contributed by atoms with Gasteiger partial charge in [0.25, 0.3) is 5.56 Å². The lowest BCUT2D eigenvalue weighted by Crippen LogP contribution is -2.27. The van der Waals surface area contributed by atoms with Crippen molar-refractivity contribution in [3.05, 3.63) is 119 Å². The second-order valence-corrected chi connectivity index (χ2v) is 9.98. The molecule has 0 unspecified atom stereocenters. The minimum Gasteiger partial charge on any atom is -0.493 e. The van der Waals surface area contributed by atoms with E-state index in [9.17, 15) is 4.79 Å². The molecule has 5 aromatic rings. The number of anilines is 1. The first-order valence-electron chi connectivity index (χ1n) is 13.6.